The van der Waals surface area contributed by atoms with Gasteiger partial charge in [-0.25, -0.2) is 4.39 Å². The monoisotopic (exact) mass is 291 g/mol. The van der Waals surface area contributed by atoms with E-state index in [0.29, 0.717) is 17.1 Å². The van der Waals surface area contributed by atoms with Crippen molar-refractivity contribution in [1.29, 1.82) is 0 Å². The topological polar surface area (TPSA) is 39.1 Å². The number of halogens is 1. The number of rotatable bonds is 6. The summed E-state index contributed by atoms with van der Waals surface area (Å²) >= 11 is 0. The minimum atomic E-state index is -0.221. The van der Waals surface area contributed by atoms with E-state index in [4.69, 9.17) is 4.74 Å². The molecule has 114 valence electrons. The van der Waals surface area contributed by atoms with E-state index >= 15 is 0 Å². The maximum Gasteiger partial charge on any atom is 0.165 e. The minimum Gasteiger partial charge on any atom is -0.454 e. The Hall–Kier alpha value is -1.88. The van der Waals surface area contributed by atoms with E-state index in [-0.39, 0.29) is 11.9 Å². The summed E-state index contributed by atoms with van der Waals surface area (Å²) in [5.41, 5.74) is 1.36. The van der Waals surface area contributed by atoms with Gasteiger partial charge in [0.05, 0.1) is 12.4 Å². The van der Waals surface area contributed by atoms with Gasteiger partial charge in [-0.2, -0.15) is 5.10 Å². The van der Waals surface area contributed by atoms with Gasteiger partial charge < -0.3 is 10.1 Å². The van der Waals surface area contributed by atoms with E-state index in [1.54, 1.807) is 19.2 Å². The largest absolute Gasteiger partial charge is 0.454 e. The molecule has 0 aliphatic heterocycles. The van der Waals surface area contributed by atoms with Gasteiger partial charge in [0.1, 0.15) is 11.6 Å². The number of ether oxygens (including phenoxy) is 1. The molecule has 0 amide bonds. The first-order valence-corrected chi connectivity index (χ1v) is 7.22. The third-order valence-electron chi connectivity index (χ3n) is 3.48. The summed E-state index contributed by atoms with van der Waals surface area (Å²) in [5, 5.41) is 7.35. The van der Waals surface area contributed by atoms with Crippen LogP contribution in [0.25, 0.3) is 0 Å². The number of nitrogens with one attached hydrogen (secondary N) is 1. The van der Waals surface area contributed by atoms with E-state index in [0.717, 1.165) is 18.5 Å². The molecule has 1 unspecified atom stereocenters. The van der Waals surface area contributed by atoms with Gasteiger partial charge >= 0.3 is 0 Å². The second-order valence-corrected chi connectivity index (χ2v) is 5.19. The molecule has 0 radical (unpaired) electrons. The van der Waals surface area contributed by atoms with Gasteiger partial charge in [-0.3, -0.25) is 4.68 Å². The molecular formula is C16H22FN3O. The Balaban J connectivity index is 2.30. The van der Waals surface area contributed by atoms with Gasteiger partial charge in [-0.1, -0.05) is 6.92 Å². The third-order valence-corrected chi connectivity index (χ3v) is 3.48. The standard InChI is InChI=1S/C16H22FN3O/c1-5-6-20-10-13(9-19-20)21-16-7-11(2)15(17)8-14(16)12(3)18-4/h7-10,12,18H,5-6H2,1-4H3. The van der Waals surface area contributed by atoms with E-state index in [9.17, 15) is 4.39 Å². The molecule has 1 aromatic heterocycles. The molecule has 1 aromatic carbocycles. The van der Waals surface area contributed by atoms with Gasteiger partial charge in [0, 0.05) is 18.2 Å². The van der Waals surface area contributed by atoms with Crippen LogP contribution in [0.5, 0.6) is 11.5 Å². The molecule has 0 aliphatic carbocycles. The fraction of sp³-hybridized carbons (Fsp3) is 0.438. The molecule has 0 fully saturated rings. The average Bonchev–Trinajstić information content (AvgIpc) is 2.89. The Morgan fingerprint density at radius 2 is 2.19 bits per heavy atom. The van der Waals surface area contributed by atoms with Crippen LogP contribution in [-0.2, 0) is 6.54 Å². The first-order valence-electron chi connectivity index (χ1n) is 7.22. The van der Waals surface area contributed by atoms with Crippen molar-refractivity contribution in [3.63, 3.8) is 0 Å². The molecule has 0 spiro atoms. The Morgan fingerprint density at radius 1 is 1.43 bits per heavy atom. The van der Waals surface area contributed by atoms with Crippen LogP contribution in [0.2, 0.25) is 0 Å². The third kappa shape index (κ3) is 3.61. The van der Waals surface area contributed by atoms with E-state index in [1.165, 1.54) is 6.07 Å². The molecular weight excluding hydrogens is 269 g/mol. The van der Waals surface area contributed by atoms with Crippen molar-refractivity contribution < 1.29 is 9.13 Å². The van der Waals surface area contributed by atoms with Crippen molar-refractivity contribution in [2.75, 3.05) is 7.05 Å². The summed E-state index contributed by atoms with van der Waals surface area (Å²) < 4.78 is 21.5. The first kappa shape index (κ1) is 15.5. The molecule has 0 bridgehead atoms. The van der Waals surface area contributed by atoms with Crippen LogP contribution in [0.1, 0.15) is 37.4 Å². The van der Waals surface area contributed by atoms with Crippen molar-refractivity contribution in [3.8, 4) is 11.5 Å². The van der Waals surface area contributed by atoms with Crippen molar-refractivity contribution in [2.45, 2.75) is 39.8 Å². The maximum atomic E-state index is 13.8. The van der Waals surface area contributed by atoms with Crippen LogP contribution in [-0.4, -0.2) is 16.8 Å². The Labute approximate surface area is 124 Å². The lowest BCUT2D eigenvalue weighted by Crippen LogP contribution is -2.13. The molecule has 1 heterocycles. The summed E-state index contributed by atoms with van der Waals surface area (Å²) in [7, 11) is 1.84. The van der Waals surface area contributed by atoms with Crippen molar-refractivity contribution >= 4 is 0 Å². The molecule has 2 aromatic rings. The maximum absolute atomic E-state index is 13.8. The van der Waals surface area contributed by atoms with Crippen molar-refractivity contribution in [1.82, 2.24) is 15.1 Å². The number of benzene rings is 1. The molecule has 5 heteroatoms. The van der Waals surface area contributed by atoms with E-state index in [1.807, 2.05) is 24.9 Å². The molecule has 2 rings (SSSR count). The normalized spacial score (nSPS) is 12.4. The van der Waals surface area contributed by atoms with Gasteiger partial charge in [0.25, 0.3) is 0 Å². The average molecular weight is 291 g/mol. The molecule has 1 N–H and O–H groups in total. The molecule has 0 aliphatic rings. The number of hydrogen-bond donors (Lipinski definition) is 1. The summed E-state index contributed by atoms with van der Waals surface area (Å²) in [6.45, 7) is 6.65. The predicted octanol–water partition coefficient (Wildman–Crippen LogP) is 3.81. The highest BCUT2D eigenvalue weighted by molar-refractivity contribution is 5.42. The lowest BCUT2D eigenvalue weighted by molar-refractivity contribution is 0.460. The SMILES string of the molecule is CCCn1cc(Oc2cc(C)c(F)cc2C(C)NC)cn1. The zero-order chi connectivity index (χ0) is 15.4. The molecule has 4 nitrogen and oxygen atoms in total. The summed E-state index contributed by atoms with van der Waals surface area (Å²) in [5.74, 6) is 1.10. The quantitative estimate of drug-likeness (QED) is 0.879. The minimum absolute atomic E-state index is 0.000728. The Kier molecular flexibility index (Phi) is 4.96. The summed E-state index contributed by atoms with van der Waals surface area (Å²) in [4.78, 5) is 0. The molecule has 1 atom stereocenters. The summed E-state index contributed by atoms with van der Waals surface area (Å²) in [6.07, 6.45) is 4.55. The predicted molar refractivity (Wildman–Crippen MR) is 81.2 cm³/mol. The fourth-order valence-corrected chi connectivity index (χ4v) is 2.13. The lowest BCUT2D eigenvalue weighted by atomic mass is 10.0. The zero-order valence-corrected chi connectivity index (χ0v) is 13.0. The van der Waals surface area contributed by atoms with Crippen LogP contribution >= 0.6 is 0 Å². The Bertz CT molecular complexity index is 610. The van der Waals surface area contributed by atoms with Gasteiger partial charge in [-0.15, -0.1) is 0 Å². The van der Waals surface area contributed by atoms with E-state index < -0.39 is 0 Å². The highest BCUT2D eigenvalue weighted by Gasteiger charge is 2.15. The van der Waals surface area contributed by atoms with Crippen LogP contribution in [0.3, 0.4) is 0 Å². The van der Waals surface area contributed by atoms with Crippen LogP contribution in [0.4, 0.5) is 4.39 Å². The molecule has 0 saturated heterocycles. The number of nitrogens with zero attached hydrogens (tertiary/aromatic N) is 2. The highest BCUT2D eigenvalue weighted by Crippen LogP contribution is 2.31. The smallest absolute Gasteiger partial charge is 0.165 e. The first-order chi connectivity index (χ1) is 10.0. The Morgan fingerprint density at radius 3 is 2.86 bits per heavy atom. The van der Waals surface area contributed by atoms with Crippen LogP contribution in [0.15, 0.2) is 24.5 Å². The second-order valence-electron chi connectivity index (χ2n) is 5.19. The van der Waals surface area contributed by atoms with Gasteiger partial charge in [-0.05, 0) is 45.0 Å². The lowest BCUT2D eigenvalue weighted by Gasteiger charge is -2.17. The molecule has 0 saturated carbocycles. The summed E-state index contributed by atoms with van der Waals surface area (Å²) in [6, 6.07) is 3.26. The number of aromatic nitrogens is 2. The number of hydrogen-bond acceptors (Lipinski definition) is 3. The molecule has 21 heavy (non-hydrogen) atoms. The zero-order valence-electron chi connectivity index (χ0n) is 13.0. The van der Waals surface area contributed by atoms with Crippen molar-refractivity contribution in [2.24, 2.45) is 0 Å². The van der Waals surface area contributed by atoms with Gasteiger partial charge in [0.15, 0.2) is 5.75 Å². The fourth-order valence-electron chi connectivity index (χ4n) is 2.13. The second kappa shape index (κ2) is 6.72. The van der Waals surface area contributed by atoms with Crippen molar-refractivity contribution in [3.05, 3.63) is 41.5 Å². The number of aryl methyl sites for hydroxylation is 2. The highest BCUT2D eigenvalue weighted by atomic mass is 19.1. The van der Waals surface area contributed by atoms with E-state index in [2.05, 4.69) is 17.3 Å². The van der Waals surface area contributed by atoms with Crippen LogP contribution < -0.4 is 10.1 Å². The van der Waals surface area contributed by atoms with Crippen LogP contribution in [0, 0.1) is 12.7 Å². The van der Waals surface area contributed by atoms with Gasteiger partial charge in [0.2, 0.25) is 0 Å².